The highest BCUT2D eigenvalue weighted by atomic mass is 15.3. The molecule has 5 heteroatoms. The summed E-state index contributed by atoms with van der Waals surface area (Å²) in [4.78, 5) is 4.57. The molecule has 0 saturated carbocycles. The molecule has 0 aliphatic heterocycles. The lowest BCUT2D eigenvalue weighted by molar-refractivity contribution is 0.851. The summed E-state index contributed by atoms with van der Waals surface area (Å²) in [6, 6.07) is 12.4. The first kappa shape index (κ1) is 14.5. The van der Waals surface area contributed by atoms with Gasteiger partial charge in [-0.25, -0.2) is 4.98 Å². The third-order valence-electron chi connectivity index (χ3n) is 3.56. The van der Waals surface area contributed by atoms with E-state index in [9.17, 15) is 0 Å². The molecule has 3 rings (SSSR count). The molecule has 1 aromatic carbocycles. The van der Waals surface area contributed by atoms with Crippen LogP contribution in [0.1, 0.15) is 17.7 Å². The number of nitrogens with one attached hydrogen (secondary N) is 1. The minimum atomic E-state index is 0.674. The quantitative estimate of drug-likeness (QED) is 0.710. The second-order valence-corrected chi connectivity index (χ2v) is 5.52. The van der Waals surface area contributed by atoms with Gasteiger partial charge in [-0.2, -0.15) is 9.61 Å². The monoisotopic (exact) mass is 295 g/mol. The van der Waals surface area contributed by atoms with E-state index >= 15 is 0 Å². The molecule has 2 aromatic heterocycles. The van der Waals surface area contributed by atoms with Gasteiger partial charge in [0.25, 0.3) is 0 Å². The molecule has 114 valence electrons. The molecular formula is C17H21N5. The summed E-state index contributed by atoms with van der Waals surface area (Å²) in [7, 11) is 0. The van der Waals surface area contributed by atoms with Crippen LogP contribution in [-0.4, -0.2) is 27.7 Å². The van der Waals surface area contributed by atoms with E-state index in [1.165, 1.54) is 5.56 Å². The fourth-order valence-electron chi connectivity index (χ4n) is 2.49. The molecule has 3 N–H and O–H groups in total. The summed E-state index contributed by atoms with van der Waals surface area (Å²) in [5.41, 5.74) is 10.6. The maximum absolute atomic E-state index is 5.55. The predicted octanol–water partition coefficient (Wildman–Crippen LogP) is 2.77. The van der Waals surface area contributed by atoms with Crippen LogP contribution in [0.25, 0.3) is 16.9 Å². The number of fused-ring (bicyclic) bond motifs is 1. The first-order valence-corrected chi connectivity index (χ1v) is 7.56. The zero-order valence-corrected chi connectivity index (χ0v) is 13.0. The molecule has 0 fully saturated rings. The topological polar surface area (TPSA) is 68.2 Å². The van der Waals surface area contributed by atoms with Gasteiger partial charge in [-0.1, -0.05) is 23.8 Å². The Morgan fingerprint density at radius 2 is 2.05 bits per heavy atom. The number of nitrogens with zero attached hydrogens (tertiary/aromatic N) is 3. The Labute approximate surface area is 130 Å². The summed E-state index contributed by atoms with van der Waals surface area (Å²) in [6.45, 7) is 5.58. The molecular weight excluding hydrogens is 274 g/mol. The molecule has 2 heterocycles. The Hall–Kier alpha value is -2.40. The number of aryl methyl sites for hydroxylation is 2. The van der Waals surface area contributed by atoms with Crippen molar-refractivity contribution in [3.8, 4) is 11.3 Å². The van der Waals surface area contributed by atoms with Gasteiger partial charge in [-0.3, -0.25) is 0 Å². The van der Waals surface area contributed by atoms with Crippen molar-refractivity contribution in [1.29, 1.82) is 0 Å². The van der Waals surface area contributed by atoms with Crippen LogP contribution in [0.4, 0.5) is 5.82 Å². The van der Waals surface area contributed by atoms with Crippen LogP contribution in [0.15, 0.2) is 36.4 Å². The van der Waals surface area contributed by atoms with Crippen molar-refractivity contribution in [3.63, 3.8) is 0 Å². The second kappa shape index (κ2) is 6.15. The number of rotatable bonds is 5. The third kappa shape index (κ3) is 2.94. The Bertz CT molecular complexity index is 791. The average molecular weight is 295 g/mol. The van der Waals surface area contributed by atoms with Crippen molar-refractivity contribution in [3.05, 3.63) is 47.7 Å². The normalized spacial score (nSPS) is 11.0. The molecule has 0 aliphatic carbocycles. The number of hydrogen-bond acceptors (Lipinski definition) is 4. The minimum Gasteiger partial charge on any atom is -0.370 e. The standard InChI is InChI=1S/C17H21N5/c1-12-5-3-6-14(9-12)15-11-17-20-13(2)10-16(22(17)21-15)19-8-4-7-18/h3,5-6,9-11,19H,4,7-8,18H2,1-2H3. The molecule has 0 spiro atoms. The van der Waals surface area contributed by atoms with Gasteiger partial charge >= 0.3 is 0 Å². The highest BCUT2D eigenvalue weighted by Gasteiger charge is 2.09. The molecule has 0 radical (unpaired) electrons. The Balaban J connectivity index is 2.03. The van der Waals surface area contributed by atoms with Crippen LogP contribution in [-0.2, 0) is 0 Å². The molecule has 3 aromatic rings. The first-order chi connectivity index (χ1) is 10.7. The number of benzene rings is 1. The third-order valence-corrected chi connectivity index (χ3v) is 3.56. The van der Waals surface area contributed by atoms with Crippen molar-refractivity contribution in [2.45, 2.75) is 20.3 Å². The van der Waals surface area contributed by atoms with E-state index in [4.69, 9.17) is 10.8 Å². The second-order valence-electron chi connectivity index (χ2n) is 5.52. The number of anilines is 1. The maximum Gasteiger partial charge on any atom is 0.158 e. The van der Waals surface area contributed by atoms with Gasteiger partial charge in [0, 0.05) is 29.9 Å². The molecule has 0 amide bonds. The van der Waals surface area contributed by atoms with Gasteiger partial charge < -0.3 is 11.1 Å². The van der Waals surface area contributed by atoms with E-state index in [0.29, 0.717) is 6.54 Å². The zero-order chi connectivity index (χ0) is 15.5. The molecule has 0 atom stereocenters. The smallest absolute Gasteiger partial charge is 0.158 e. The fourth-order valence-corrected chi connectivity index (χ4v) is 2.49. The summed E-state index contributed by atoms with van der Waals surface area (Å²) < 4.78 is 1.86. The van der Waals surface area contributed by atoms with Gasteiger partial charge in [0.1, 0.15) is 5.82 Å². The Morgan fingerprint density at radius 3 is 2.82 bits per heavy atom. The van der Waals surface area contributed by atoms with E-state index in [-0.39, 0.29) is 0 Å². The summed E-state index contributed by atoms with van der Waals surface area (Å²) in [6.07, 6.45) is 0.925. The lowest BCUT2D eigenvalue weighted by atomic mass is 10.1. The highest BCUT2D eigenvalue weighted by molar-refractivity contribution is 5.66. The van der Waals surface area contributed by atoms with E-state index in [0.717, 1.165) is 41.4 Å². The van der Waals surface area contributed by atoms with Crippen molar-refractivity contribution in [1.82, 2.24) is 14.6 Å². The van der Waals surface area contributed by atoms with Gasteiger partial charge in [0.05, 0.1) is 5.69 Å². The Kier molecular flexibility index (Phi) is 4.06. The maximum atomic E-state index is 5.55. The number of nitrogens with two attached hydrogens (primary N) is 1. The van der Waals surface area contributed by atoms with Crippen molar-refractivity contribution >= 4 is 11.5 Å². The summed E-state index contributed by atoms with van der Waals surface area (Å²) in [5, 5.41) is 8.09. The van der Waals surface area contributed by atoms with Crippen molar-refractivity contribution < 1.29 is 0 Å². The van der Waals surface area contributed by atoms with Crippen LogP contribution in [0, 0.1) is 13.8 Å². The van der Waals surface area contributed by atoms with Crippen LogP contribution in [0.2, 0.25) is 0 Å². The van der Waals surface area contributed by atoms with E-state index in [1.54, 1.807) is 0 Å². The molecule has 22 heavy (non-hydrogen) atoms. The summed E-state index contributed by atoms with van der Waals surface area (Å²) in [5.74, 6) is 0.954. The largest absolute Gasteiger partial charge is 0.370 e. The minimum absolute atomic E-state index is 0.674. The van der Waals surface area contributed by atoms with E-state index in [2.05, 4.69) is 35.4 Å². The number of hydrogen-bond donors (Lipinski definition) is 2. The van der Waals surface area contributed by atoms with E-state index < -0.39 is 0 Å². The molecule has 5 nitrogen and oxygen atoms in total. The predicted molar refractivity (Wildman–Crippen MR) is 90.1 cm³/mol. The lowest BCUT2D eigenvalue weighted by Crippen LogP contribution is -2.11. The average Bonchev–Trinajstić information content (AvgIpc) is 2.91. The van der Waals surface area contributed by atoms with Crippen molar-refractivity contribution in [2.24, 2.45) is 5.73 Å². The van der Waals surface area contributed by atoms with Crippen LogP contribution in [0.3, 0.4) is 0 Å². The number of aromatic nitrogens is 3. The lowest BCUT2D eigenvalue weighted by Gasteiger charge is -2.08. The van der Waals surface area contributed by atoms with Gasteiger partial charge in [0.2, 0.25) is 0 Å². The fraction of sp³-hybridized carbons (Fsp3) is 0.294. The van der Waals surface area contributed by atoms with Crippen LogP contribution >= 0.6 is 0 Å². The highest BCUT2D eigenvalue weighted by Crippen LogP contribution is 2.22. The Morgan fingerprint density at radius 1 is 1.18 bits per heavy atom. The zero-order valence-electron chi connectivity index (χ0n) is 13.0. The van der Waals surface area contributed by atoms with Gasteiger partial charge in [-0.15, -0.1) is 0 Å². The summed E-state index contributed by atoms with van der Waals surface area (Å²) >= 11 is 0. The van der Waals surface area contributed by atoms with Crippen molar-refractivity contribution in [2.75, 3.05) is 18.4 Å². The van der Waals surface area contributed by atoms with E-state index in [1.807, 2.05) is 29.6 Å². The molecule has 0 unspecified atom stereocenters. The molecule has 0 bridgehead atoms. The molecule has 0 saturated heterocycles. The van der Waals surface area contributed by atoms with Crippen LogP contribution < -0.4 is 11.1 Å². The van der Waals surface area contributed by atoms with Gasteiger partial charge in [0.15, 0.2) is 5.65 Å². The first-order valence-electron chi connectivity index (χ1n) is 7.56. The van der Waals surface area contributed by atoms with Crippen LogP contribution in [0.5, 0.6) is 0 Å². The SMILES string of the molecule is Cc1cccc(-c2cc3nc(C)cc(NCCCN)n3n2)c1. The van der Waals surface area contributed by atoms with Gasteiger partial charge in [-0.05, 0) is 32.9 Å². The molecule has 0 aliphatic rings.